The van der Waals surface area contributed by atoms with Gasteiger partial charge in [-0.05, 0) is 34.1 Å². The minimum absolute atomic E-state index is 0.0485. The molecule has 0 saturated carbocycles. The molecule has 0 saturated heterocycles. The van der Waals surface area contributed by atoms with Crippen molar-refractivity contribution in [3.63, 3.8) is 0 Å². The summed E-state index contributed by atoms with van der Waals surface area (Å²) in [5.41, 5.74) is 2.24. The summed E-state index contributed by atoms with van der Waals surface area (Å²) in [6, 6.07) is 7.25. The Morgan fingerprint density at radius 2 is 1.07 bits per heavy atom. The van der Waals surface area contributed by atoms with E-state index in [4.69, 9.17) is 4.74 Å². The Morgan fingerprint density at radius 1 is 0.733 bits per heavy atom. The van der Waals surface area contributed by atoms with Gasteiger partial charge < -0.3 is 14.9 Å². The first kappa shape index (κ1) is 21.9. The second kappa shape index (κ2) is 6.59. The second-order valence-corrected chi connectivity index (χ2v) is 10.6. The van der Waals surface area contributed by atoms with Crippen molar-refractivity contribution in [2.75, 3.05) is 0 Å². The van der Waals surface area contributed by atoms with Crippen LogP contribution in [0, 0.1) is 0 Å². The molecule has 0 amide bonds. The van der Waals surface area contributed by atoms with E-state index in [1.165, 1.54) is 0 Å². The molecule has 160 valence electrons. The van der Waals surface area contributed by atoms with Gasteiger partial charge in [0.05, 0.1) is 0 Å². The van der Waals surface area contributed by atoms with Crippen molar-refractivity contribution in [2.45, 2.75) is 71.6 Å². The van der Waals surface area contributed by atoms with E-state index in [-0.39, 0.29) is 33.5 Å². The third-order valence-corrected chi connectivity index (χ3v) is 5.92. The quantitative estimate of drug-likeness (QED) is 0.624. The Hall–Kier alpha value is -2.82. The third-order valence-electron chi connectivity index (χ3n) is 5.92. The molecule has 0 fully saturated rings. The number of carboxylic acids is 2. The molecule has 1 heterocycles. The van der Waals surface area contributed by atoms with Crippen molar-refractivity contribution in [1.29, 1.82) is 0 Å². The summed E-state index contributed by atoms with van der Waals surface area (Å²) in [5, 5.41) is 19.8. The van der Waals surface area contributed by atoms with Gasteiger partial charge in [-0.25, -0.2) is 9.59 Å². The maximum Gasteiger partial charge on any atom is 0.339 e. The molecule has 3 rings (SSSR count). The highest BCUT2D eigenvalue weighted by Gasteiger charge is 2.40. The summed E-state index contributed by atoms with van der Waals surface area (Å²) in [4.78, 5) is 24.2. The molecule has 1 aliphatic heterocycles. The van der Waals surface area contributed by atoms with Gasteiger partial charge in [0.15, 0.2) is 0 Å². The number of aromatic carboxylic acids is 2. The fraction of sp³-hybridized carbons (Fsp3) is 0.440. The van der Waals surface area contributed by atoms with Crippen LogP contribution < -0.4 is 4.74 Å². The molecule has 2 aromatic carbocycles. The van der Waals surface area contributed by atoms with Crippen molar-refractivity contribution in [3.05, 3.63) is 57.6 Å². The molecule has 2 aromatic rings. The van der Waals surface area contributed by atoms with E-state index in [1.807, 2.05) is 67.5 Å². The zero-order valence-electron chi connectivity index (χ0n) is 18.9. The SMILES string of the molecule is CC(C)(C)c1cc(C(=O)O)c2c(c1)C(C)(C)c1cc(C(C)(C)C)cc(C(=O)O)c1O2. The number of hydrogen-bond acceptors (Lipinski definition) is 3. The summed E-state index contributed by atoms with van der Waals surface area (Å²) in [6.45, 7) is 16.2. The van der Waals surface area contributed by atoms with E-state index in [0.29, 0.717) is 0 Å². The van der Waals surface area contributed by atoms with Gasteiger partial charge in [0.1, 0.15) is 22.6 Å². The smallest absolute Gasteiger partial charge is 0.339 e. The van der Waals surface area contributed by atoms with E-state index >= 15 is 0 Å². The van der Waals surface area contributed by atoms with Crippen molar-refractivity contribution >= 4 is 11.9 Å². The fourth-order valence-electron chi connectivity index (χ4n) is 3.84. The molecule has 0 atom stereocenters. The second-order valence-electron chi connectivity index (χ2n) is 10.6. The van der Waals surface area contributed by atoms with Crippen molar-refractivity contribution in [1.82, 2.24) is 0 Å². The summed E-state index contributed by atoms with van der Waals surface area (Å²) in [6.07, 6.45) is 0. The predicted octanol–water partition coefficient (Wildman–Crippen LogP) is 6.11. The normalized spacial score (nSPS) is 15.1. The molecular weight excluding hydrogens is 380 g/mol. The molecular formula is C25H30O5. The largest absolute Gasteiger partial charge is 0.478 e. The van der Waals surface area contributed by atoms with Crippen LogP contribution in [-0.2, 0) is 16.2 Å². The Labute approximate surface area is 177 Å². The van der Waals surface area contributed by atoms with Crippen LogP contribution in [0.3, 0.4) is 0 Å². The number of carbonyl (C=O) groups is 2. The first-order chi connectivity index (χ1) is 13.5. The maximum absolute atomic E-state index is 12.1. The zero-order chi connectivity index (χ0) is 22.8. The van der Waals surface area contributed by atoms with E-state index in [0.717, 1.165) is 22.3 Å². The maximum atomic E-state index is 12.1. The summed E-state index contributed by atoms with van der Waals surface area (Å²) < 4.78 is 6.07. The van der Waals surface area contributed by atoms with Gasteiger partial charge in [-0.15, -0.1) is 0 Å². The van der Waals surface area contributed by atoms with Crippen LogP contribution in [0.5, 0.6) is 11.5 Å². The van der Waals surface area contributed by atoms with Gasteiger partial charge in [-0.3, -0.25) is 0 Å². The number of hydrogen-bond donors (Lipinski definition) is 2. The molecule has 0 aromatic heterocycles. The highest BCUT2D eigenvalue weighted by atomic mass is 16.5. The van der Waals surface area contributed by atoms with Gasteiger partial charge in [-0.1, -0.05) is 67.5 Å². The van der Waals surface area contributed by atoms with E-state index in [2.05, 4.69) is 0 Å². The first-order valence-corrected chi connectivity index (χ1v) is 10.1. The van der Waals surface area contributed by atoms with Gasteiger partial charge in [0.25, 0.3) is 0 Å². The van der Waals surface area contributed by atoms with Crippen LogP contribution >= 0.6 is 0 Å². The molecule has 30 heavy (non-hydrogen) atoms. The van der Waals surface area contributed by atoms with Gasteiger partial charge in [-0.2, -0.15) is 0 Å². The van der Waals surface area contributed by atoms with Gasteiger partial charge in [0.2, 0.25) is 0 Å². The molecule has 5 heteroatoms. The van der Waals surface area contributed by atoms with Crippen LogP contribution in [0.1, 0.15) is 98.4 Å². The minimum atomic E-state index is -1.10. The molecule has 0 radical (unpaired) electrons. The van der Waals surface area contributed by atoms with Gasteiger partial charge >= 0.3 is 11.9 Å². The predicted molar refractivity (Wildman–Crippen MR) is 116 cm³/mol. The van der Waals surface area contributed by atoms with Crippen molar-refractivity contribution in [3.8, 4) is 11.5 Å². The highest BCUT2D eigenvalue weighted by Crippen LogP contribution is 2.52. The topological polar surface area (TPSA) is 83.8 Å². The average molecular weight is 411 g/mol. The molecule has 0 aliphatic carbocycles. The number of benzene rings is 2. The van der Waals surface area contributed by atoms with E-state index in [1.54, 1.807) is 12.1 Å². The van der Waals surface area contributed by atoms with Gasteiger partial charge in [0, 0.05) is 16.5 Å². The molecule has 0 spiro atoms. The Morgan fingerprint density at radius 3 is 1.33 bits per heavy atom. The van der Waals surface area contributed by atoms with Crippen LogP contribution in [0.25, 0.3) is 0 Å². The lowest BCUT2D eigenvalue weighted by molar-refractivity contribution is 0.0687. The molecule has 0 unspecified atom stereocenters. The fourth-order valence-corrected chi connectivity index (χ4v) is 3.84. The van der Waals surface area contributed by atoms with Crippen LogP contribution in [0.4, 0.5) is 0 Å². The Kier molecular flexibility index (Phi) is 4.81. The lowest BCUT2D eigenvalue weighted by Gasteiger charge is -2.38. The van der Waals surface area contributed by atoms with Crippen LogP contribution in [-0.4, -0.2) is 22.2 Å². The summed E-state index contributed by atoms with van der Waals surface area (Å²) in [5.74, 6) is -1.75. The molecule has 5 nitrogen and oxygen atoms in total. The van der Waals surface area contributed by atoms with Crippen molar-refractivity contribution < 1.29 is 24.5 Å². The van der Waals surface area contributed by atoms with E-state index in [9.17, 15) is 19.8 Å². The Bertz CT molecular complexity index is 979. The molecule has 2 N–H and O–H groups in total. The van der Waals surface area contributed by atoms with Crippen LogP contribution in [0.15, 0.2) is 24.3 Å². The molecule has 1 aliphatic rings. The number of ether oxygens (including phenoxy) is 1. The summed E-state index contributed by atoms with van der Waals surface area (Å²) in [7, 11) is 0. The average Bonchev–Trinajstić information content (AvgIpc) is 2.58. The number of carboxylic acid groups (broad SMARTS) is 2. The Balaban J connectivity index is 2.41. The number of fused-ring (bicyclic) bond motifs is 2. The summed E-state index contributed by atoms with van der Waals surface area (Å²) >= 11 is 0. The van der Waals surface area contributed by atoms with Crippen LogP contribution in [0.2, 0.25) is 0 Å². The third kappa shape index (κ3) is 3.47. The highest BCUT2D eigenvalue weighted by molar-refractivity contribution is 5.95. The molecule has 0 bridgehead atoms. The monoisotopic (exact) mass is 410 g/mol. The minimum Gasteiger partial charge on any atom is -0.478 e. The number of rotatable bonds is 2. The zero-order valence-corrected chi connectivity index (χ0v) is 18.9. The lowest BCUT2D eigenvalue weighted by Crippen LogP contribution is -2.29. The standard InChI is InChI=1S/C25H30O5/c1-23(2,3)13-9-15(21(26)27)19-17(11-13)25(7,8)18-12-14(24(4,5)6)10-16(22(28)29)20(18)30-19/h9-12H,1-8H3,(H,26,27)(H,28,29). The van der Waals surface area contributed by atoms with Crippen molar-refractivity contribution in [2.24, 2.45) is 0 Å². The van der Waals surface area contributed by atoms with E-state index < -0.39 is 17.4 Å². The lowest BCUT2D eigenvalue weighted by atomic mass is 9.70. The first-order valence-electron chi connectivity index (χ1n) is 10.1.